The van der Waals surface area contributed by atoms with E-state index in [-0.39, 0.29) is 24.0 Å². The SMILES string of the molecule is CCOC(=O)C1CCCN(CC[C@H]2CC[C@H](NC(=O)N[C@H](C)C(O)(c3ccccc3)c3ccccc3)CC2)C1. The molecule has 2 aromatic rings. The van der Waals surface area contributed by atoms with Crippen molar-refractivity contribution in [1.29, 1.82) is 0 Å². The second-order valence-electron chi connectivity index (χ2n) is 11.2. The van der Waals surface area contributed by atoms with E-state index in [1.165, 1.54) is 0 Å². The number of urea groups is 1. The highest BCUT2D eigenvalue weighted by Gasteiger charge is 2.39. The fourth-order valence-electron chi connectivity index (χ4n) is 6.25. The van der Waals surface area contributed by atoms with Crippen molar-refractivity contribution in [2.24, 2.45) is 11.8 Å². The molecule has 7 nitrogen and oxygen atoms in total. The van der Waals surface area contributed by atoms with Gasteiger partial charge in [-0.05, 0) is 88.9 Å². The number of likely N-dealkylation sites (tertiary alicyclic amines) is 1. The van der Waals surface area contributed by atoms with Crippen molar-refractivity contribution in [1.82, 2.24) is 15.5 Å². The molecule has 2 atom stereocenters. The van der Waals surface area contributed by atoms with Crippen molar-refractivity contribution in [2.45, 2.75) is 76.5 Å². The Kier molecular flexibility index (Phi) is 10.4. The van der Waals surface area contributed by atoms with E-state index in [9.17, 15) is 14.7 Å². The van der Waals surface area contributed by atoms with E-state index in [1.54, 1.807) is 0 Å². The van der Waals surface area contributed by atoms with Crippen molar-refractivity contribution in [3.8, 4) is 0 Å². The molecule has 1 aliphatic heterocycles. The number of hydrogen-bond donors (Lipinski definition) is 3. The number of esters is 1. The molecule has 4 rings (SSSR count). The molecule has 1 unspecified atom stereocenters. The van der Waals surface area contributed by atoms with E-state index in [0.29, 0.717) is 12.5 Å². The summed E-state index contributed by atoms with van der Waals surface area (Å²) < 4.78 is 5.24. The van der Waals surface area contributed by atoms with E-state index < -0.39 is 11.6 Å². The van der Waals surface area contributed by atoms with Crippen LogP contribution in [-0.2, 0) is 15.1 Å². The summed E-state index contributed by atoms with van der Waals surface area (Å²) in [6, 6.07) is 18.4. The number of benzene rings is 2. The molecule has 1 aliphatic carbocycles. The first-order valence-electron chi connectivity index (χ1n) is 14.7. The van der Waals surface area contributed by atoms with Crippen molar-refractivity contribution < 1.29 is 19.4 Å². The van der Waals surface area contributed by atoms with E-state index in [0.717, 1.165) is 75.7 Å². The fourth-order valence-corrected chi connectivity index (χ4v) is 6.25. The Balaban J connectivity index is 1.24. The van der Waals surface area contributed by atoms with Gasteiger partial charge in [-0.25, -0.2) is 4.79 Å². The zero-order valence-corrected chi connectivity index (χ0v) is 23.5. The number of amides is 2. The highest BCUT2D eigenvalue weighted by Crippen LogP contribution is 2.33. The van der Waals surface area contributed by atoms with Gasteiger partial charge in [0.1, 0.15) is 5.60 Å². The second-order valence-corrected chi connectivity index (χ2v) is 11.2. The van der Waals surface area contributed by atoms with Gasteiger partial charge in [-0.3, -0.25) is 4.79 Å². The van der Waals surface area contributed by atoms with Crippen LogP contribution in [0.2, 0.25) is 0 Å². The minimum Gasteiger partial charge on any atom is -0.466 e. The number of nitrogens with zero attached hydrogens (tertiary/aromatic N) is 1. The standard InChI is InChI=1S/C32H45N3O4/c1-3-39-30(36)26-11-10-21-35(23-26)22-20-25-16-18-29(19-17-25)34-31(37)33-24(2)32(38,27-12-6-4-7-13-27)28-14-8-5-9-15-28/h4-9,12-15,24-26,29,38H,3,10-11,16-23H2,1-2H3,(H2,33,34,37)/t24-,25-,26?,29-/m1/s1. The Labute approximate surface area is 233 Å². The van der Waals surface area contributed by atoms with Gasteiger partial charge >= 0.3 is 12.0 Å². The molecule has 39 heavy (non-hydrogen) atoms. The molecular weight excluding hydrogens is 490 g/mol. The number of rotatable bonds is 10. The number of nitrogens with one attached hydrogen (secondary N) is 2. The molecule has 2 aromatic carbocycles. The Hall–Kier alpha value is -2.90. The van der Waals surface area contributed by atoms with E-state index in [2.05, 4.69) is 15.5 Å². The number of piperidine rings is 1. The quantitative estimate of drug-likeness (QED) is 0.379. The maximum absolute atomic E-state index is 13.0. The first-order chi connectivity index (χ1) is 18.9. The third kappa shape index (κ3) is 7.61. The largest absolute Gasteiger partial charge is 0.466 e. The predicted octanol–water partition coefficient (Wildman–Crippen LogP) is 4.83. The van der Waals surface area contributed by atoms with Gasteiger partial charge in [-0.15, -0.1) is 0 Å². The third-order valence-corrected chi connectivity index (χ3v) is 8.56. The maximum atomic E-state index is 13.0. The zero-order chi connectivity index (χ0) is 27.7. The predicted molar refractivity (Wildman–Crippen MR) is 153 cm³/mol. The molecule has 0 spiro atoms. The minimum absolute atomic E-state index is 0.0148. The van der Waals surface area contributed by atoms with E-state index in [1.807, 2.05) is 74.5 Å². The van der Waals surface area contributed by atoms with Crippen LogP contribution in [0.15, 0.2) is 60.7 Å². The first kappa shape index (κ1) is 29.1. The lowest BCUT2D eigenvalue weighted by Crippen LogP contribution is -2.54. The van der Waals surface area contributed by atoms with Crippen LogP contribution in [0.3, 0.4) is 0 Å². The maximum Gasteiger partial charge on any atom is 0.315 e. The third-order valence-electron chi connectivity index (χ3n) is 8.56. The number of carbonyl (C=O) groups excluding carboxylic acids is 2. The van der Waals surface area contributed by atoms with Crippen LogP contribution in [0.4, 0.5) is 4.79 Å². The van der Waals surface area contributed by atoms with Crippen LogP contribution < -0.4 is 10.6 Å². The molecule has 0 radical (unpaired) electrons. The lowest BCUT2D eigenvalue weighted by Gasteiger charge is -2.37. The summed E-state index contributed by atoms with van der Waals surface area (Å²) in [5.74, 6) is 0.614. The van der Waals surface area contributed by atoms with Gasteiger partial charge < -0.3 is 25.4 Å². The van der Waals surface area contributed by atoms with Gasteiger partial charge in [-0.1, -0.05) is 60.7 Å². The lowest BCUT2D eigenvalue weighted by molar-refractivity contribution is -0.149. The summed E-state index contributed by atoms with van der Waals surface area (Å²) in [6.07, 6.45) is 7.21. The average Bonchev–Trinajstić information content (AvgIpc) is 2.97. The molecule has 0 bridgehead atoms. The highest BCUT2D eigenvalue weighted by molar-refractivity contribution is 5.75. The van der Waals surface area contributed by atoms with Crippen LogP contribution >= 0.6 is 0 Å². The summed E-state index contributed by atoms with van der Waals surface area (Å²) in [5, 5.41) is 18.1. The van der Waals surface area contributed by atoms with E-state index >= 15 is 0 Å². The topological polar surface area (TPSA) is 90.9 Å². The van der Waals surface area contributed by atoms with Crippen LogP contribution in [-0.4, -0.2) is 60.3 Å². The second kappa shape index (κ2) is 13.9. The molecule has 3 N–H and O–H groups in total. The summed E-state index contributed by atoms with van der Waals surface area (Å²) >= 11 is 0. The molecule has 7 heteroatoms. The monoisotopic (exact) mass is 535 g/mol. The first-order valence-corrected chi connectivity index (χ1v) is 14.7. The van der Waals surface area contributed by atoms with Crippen LogP contribution in [0.25, 0.3) is 0 Å². The minimum atomic E-state index is -1.35. The number of hydrogen-bond acceptors (Lipinski definition) is 5. The van der Waals surface area contributed by atoms with Crippen molar-refractivity contribution in [2.75, 3.05) is 26.2 Å². The van der Waals surface area contributed by atoms with Gasteiger partial charge in [0.05, 0.1) is 18.6 Å². The smallest absolute Gasteiger partial charge is 0.315 e. The summed E-state index contributed by atoms with van der Waals surface area (Å²) in [6.45, 7) is 7.06. The molecular formula is C32H45N3O4. The molecule has 2 fully saturated rings. The Bertz CT molecular complexity index is 1000. The van der Waals surface area contributed by atoms with Crippen LogP contribution in [0.1, 0.15) is 69.9 Å². The van der Waals surface area contributed by atoms with Gasteiger partial charge in [0.15, 0.2) is 0 Å². The number of carbonyl (C=O) groups is 2. The molecule has 0 aromatic heterocycles. The Morgan fingerprint density at radius 2 is 1.62 bits per heavy atom. The summed E-state index contributed by atoms with van der Waals surface area (Å²) in [4.78, 5) is 27.6. The van der Waals surface area contributed by atoms with Crippen molar-refractivity contribution in [3.63, 3.8) is 0 Å². The van der Waals surface area contributed by atoms with Gasteiger partial charge in [0.2, 0.25) is 0 Å². The molecule has 212 valence electrons. The van der Waals surface area contributed by atoms with Gasteiger partial charge in [0.25, 0.3) is 0 Å². The Morgan fingerprint density at radius 1 is 1.00 bits per heavy atom. The molecule has 1 saturated carbocycles. The summed E-state index contributed by atoms with van der Waals surface area (Å²) in [7, 11) is 0. The van der Waals surface area contributed by atoms with Crippen molar-refractivity contribution in [3.05, 3.63) is 71.8 Å². The van der Waals surface area contributed by atoms with E-state index in [4.69, 9.17) is 4.74 Å². The number of ether oxygens (including phenoxy) is 1. The highest BCUT2D eigenvalue weighted by atomic mass is 16.5. The molecule has 1 saturated heterocycles. The number of aliphatic hydroxyl groups is 1. The molecule has 1 heterocycles. The normalized spacial score (nSPS) is 23.0. The Morgan fingerprint density at radius 3 is 2.21 bits per heavy atom. The van der Waals surface area contributed by atoms with Gasteiger partial charge in [0, 0.05) is 12.6 Å². The fraction of sp³-hybridized carbons (Fsp3) is 0.562. The average molecular weight is 536 g/mol. The molecule has 2 amide bonds. The van der Waals surface area contributed by atoms with Crippen LogP contribution in [0.5, 0.6) is 0 Å². The molecule has 2 aliphatic rings. The van der Waals surface area contributed by atoms with Crippen molar-refractivity contribution >= 4 is 12.0 Å². The van der Waals surface area contributed by atoms with Gasteiger partial charge in [-0.2, -0.15) is 0 Å². The summed E-state index contributed by atoms with van der Waals surface area (Å²) in [5.41, 5.74) is 0.136. The van der Waals surface area contributed by atoms with Crippen LogP contribution in [0, 0.1) is 11.8 Å². The lowest BCUT2D eigenvalue weighted by atomic mass is 9.81. The zero-order valence-electron chi connectivity index (χ0n) is 23.5.